The zero-order chi connectivity index (χ0) is 15.3. The molecule has 0 aliphatic carbocycles. The van der Waals surface area contributed by atoms with Crippen LogP contribution in [0.1, 0.15) is 31.7 Å². The fraction of sp³-hybridized carbons (Fsp3) is 0.500. The number of carbonyl (C=O) groups is 1. The molecule has 0 spiro atoms. The monoisotopic (exact) mass is 323 g/mol. The molecule has 22 heavy (non-hydrogen) atoms. The van der Waals surface area contributed by atoms with Gasteiger partial charge in [-0.05, 0) is 19.0 Å². The number of hydrogen-bond donors (Lipinski definition) is 0. The Bertz CT molecular complexity index is 491. The molecular formula is C18H26ClNO2. The molecule has 0 aromatic heterocycles. The van der Waals surface area contributed by atoms with E-state index in [1.165, 1.54) is 0 Å². The van der Waals surface area contributed by atoms with Crippen LogP contribution in [-0.2, 0) is 15.1 Å². The minimum Gasteiger partial charge on any atom is -0.454 e. The maximum absolute atomic E-state index is 12.0. The third kappa shape index (κ3) is 3.90. The number of piperidine rings is 1. The largest absolute Gasteiger partial charge is 0.454 e. The van der Waals surface area contributed by atoms with Crippen LogP contribution in [0.5, 0.6) is 0 Å². The zero-order valence-corrected chi connectivity index (χ0v) is 14.3. The van der Waals surface area contributed by atoms with Gasteiger partial charge in [0, 0.05) is 31.8 Å². The van der Waals surface area contributed by atoms with Crippen LogP contribution >= 0.6 is 12.4 Å². The van der Waals surface area contributed by atoms with E-state index in [0.717, 1.165) is 31.5 Å². The van der Waals surface area contributed by atoms with Crippen molar-refractivity contribution in [2.75, 3.05) is 20.1 Å². The van der Waals surface area contributed by atoms with Crippen molar-refractivity contribution < 1.29 is 9.53 Å². The number of carbonyl (C=O) groups excluding carboxylic acids is 1. The van der Waals surface area contributed by atoms with Gasteiger partial charge in [0.05, 0.1) is 0 Å². The summed E-state index contributed by atoms with van der Waals surface area (Å²) in [4.78, 5) is 14.3. The summed E-state index contributed by atoms with van der Waals surface area (Å²) in [5.41, 5.74) is 0.585. The van der Waals surface area contributed by atoms with Gasteiger partial charge in [0.15, 0.2) is 0 Å². The third-order valence-corrected chi connectivity index (χ3v) is 4.35. The van der Waals surface area contributed by atoms with Gasteiger partial charge in [0.1, 0.15) is 5.60 Å². The van der Waals surface area contributed by atoms with Crippen LogP contribution in [0.25, 0.3) is 0 Å². The highest BCUT2D eigenvalue weighted by molar-refractivity contribution is 5.85. The van der Waals surface area contributed by atoms with Crippen molar-refractivity contribution >= 4 is 18.4 Å². The Morgan fingerprint density at radius 2 is 2.14 bits per heavy atom. The maximum Gasteiger partial charge on any atom is 0.306 e. The number of esters is 1. The lowest BCUT2D eigenvalue weighted by Gasteiger charge is -2.46. The minimum absolute atomic E-state index is 0. The topological polar surface area (TPSA) is 29.5 Å². The van der Waals surface area contributed by atoms with E-state index < -0.39 is 5.60 Å². The average Bonchev–Trinajstić information content (AvgIpc) is 2.51. The van der Waals surface area contributed by atoms with Crippen molar-refractivity contribution in [1.82, 2.24) is 4.90 Å². The van der Waals surface area contributed by atoms with Crippen molar-refractivity contribution in [1.29, 1.82) is 0 Å². The summed E-state index contributed by atoms with van der Waals surface area (Å²) >= 11 is 0. The number of benzene rings is 1. The first-order valence-electron chi connectivity index (χ1n) is 7.69. The van der Waals surface area contributed by atoms with Crippen molar-refractivity contribution in [3.63, 3.8) is 0 Å². The van der Waals surface area contributed by atoms with Crippen LogP contribution in [0.2, 0.25) is 0 Å². The van der Waals surface area contributed by atoms with E-state index in [1.54, 1.807) is 0 Å². The Labute approximate surface area is 139 Å². The molecule has 4 heteroatoms. The normalized spacial score (nSPS) is 25.1. The highest BCUT2D eigenvalue weighted by Gasteiger charge is 2.46. The number of halogens is 1. The second-order valence-corrected chi connectivity index (χ2v) is 5.82. The molecule has 1 heterocycles. The molecule has 0 N–H and O–H groups in total. The molecule has 0 amide bonds. The number of likely N-dealkylation sites (tertiary alicyclic amines) is 1. The molecule has 0 saturated carbocycles. The number of hydrogen-bond acceptors (Lipinski definition) is 3. The summed E-state index contributed by atoms with van der Waals surface area (Å²) in [6, 6.07) is 10.2. The first-order chi connectivity index (χ1) is 10.1. The second kappa shape index (κ2) is 8.35. The Hall–Kier alpha value is -1.32. The first-order valence-corrected chi connectivity index (χ1v) is 7.69. The molecular weight excluding hydrogens is 298 g/mol. The van der Waals surface area contributed by atoms with Crippen LogP contribution in [0, 0.1) is 5.92 Å². The van der Waals surface area contributed by atoms with E-state index in [2.05, 4.69) is 30.7 Å². The van der Waals surface area contributed by atoms with E-state index in [-0.39, 0.29) is 24.3 Å². The van der Waals surface area contributed by atoms with Gasteiger partial charge in [-0.3, -0.25) is 4.79 Å². The van der Waals surface area contributed by atoms with E-state index in [0.29, 0.717) is 6.42 Å². The first kappa shape index (κ1) is 18.7. The highest BCUT2D eigenvalue weighted by atomic mass is 35.5. The fourth-order valence-corrected chi connectivity index (χ4v) is 3.21. The van der Waals surface area contributed by atoms with E-state index in [1.807, 2.05) is 31.2 Å². The van der Waals surface area contributed by atoms with Crippen molar-refractivity contribution in [3.05, 3.63) is 48.6 Å². The highest BCUT2D eigenvalue weighted by Crippen LogP contribution is 2.42. The molecule has 1 aliphatic rings. The molecule has 122 valence electrons. The molecule has 3 nitrogen and oxygen atoms in total. The lowest BCUT2D eigenvalue weighted by molar-refractivity contribution is -0.175. The molecule has 1 aromatic rings. The van der Waals surface area contributed by atoms with Crippen LogP contribution < -0.4 is 0 Å². The van der Waals surface area contributed by atoms with Gasteiger partial charge in [0.25, 0.3) is 0 Å². The van der Waals surface area contributed by atoms with E-state index >= 15 is 0 Å². The van der Waals surface area contributed by atoms with E-state index in [9.17, 15) is 4.79 Å². The van der Waals surface area contributed by atoms with Crippen LogP contribution in [0.3, 0.4) is 0 Å². The number of nitrogens with zero attached hydrogens (tertiary/aromatic N) is 1. The summed E-state index contributed by atoms with van der Waals surface area (Å²) in [5.74, 6) is 0.115. The standard InChI is InChI=1S/C18H25NO2.ClH/c1-4-9-16-14-19(3)13-12-18(16,21-17(20)5-2)15-10-7-6-8-11-15;/h4,6-8,10-11,16H,1,5,9,12-14H2,2-3H3;1H/t16-,18-;/m0./s1. The van der Waals surface area contributed by atoms with E-state index in [4.69, 9.17) is 4.74 Å². The van der Waals surface area contributed by atoms with Gasteiger partial charge in [-0.25, -0.2) is 0 Å². The van der Waals surface area contributed by atoms with Gasteiger partial charge in [-0.1, -0.05) is 43.3 Å². The van der Waals surface area contributed by atoms with Gasteiger partial charge in [0.2, 0.25) is 0 Å². The van der Waals surface area contributed by atoms with Crippen molar-refractivity contribution in [3.8, 4) is 0 Å². The Kier molecular flexibility index (Phi) is 7.11. The molecule has 0 bridgehead atoms. The second-order valence-electron chi connectivity index (χ2n) is 5.82. The van der Waals surface area contributed by atoms with Gasteiger partial charge in [-0.2, -0.15) is 0 Å². The van der Waals surface area contributed by atoms with Crippen LogP contribution in [0.4, 0.5) is 0 Å². The molecule has 1 saturated heterocycles. The molecule has 1 aromatic carbocycles. The summed E-state index contributed by atoms with van der Waals surface area (Å²) < 4.78 is 6.01. The predicted molar refractivity (Wildman–Crippen MR) is 92.2 cm³/mol. The smallest absolute Gasteiger partial charge is 0.306 e. The summed E-state index contributed by atoms with van der Waals surface area (Å²) in [6.07, 6.45) is 4.01. The third-order valence-electron chi connectivity index (χ3n) is 4.35. The Balaban J connectivity index is 0.00000242. The molecule has 1 aliphatic heterocycles. The quantitative estimate of drug-likeness (QED) is 0.610. The summed E-state index contributed by atoms with van der Waals surface area (Å²) in [6.45, 7) is 7.57. The molecule has 0 radical (unpaired) electrons. The number of rotatable bonds is 5. The van der Waals surface area contributed by atoms with Gasteiger partial charge >= 0.3 is 5.97 Å². The lowest BCUT2D eigenvalue weighted by Crippen LogP contribution is -2.51. The van der Waals surface area contributed by atoms with Crippen LogP contribution in [-0.4, -0.2) is 31.0 Å². The van der Waals surface area contributed by atoms with Gasteiger partial charge in [-0.15, -0.1) is 19.0 Å². The molecule has 2 rings (SSSR count). The number of allylic oxidation sites excluding steroid dienone is 1. The zero-order valence-electron chi connectivity index (χ0n) is 13.5. The average molecular weight is 324 g/mol. The lowest BCUT2D eigenvalue weighted by atomic mass is 9.74. The van der Waals surface area contributed by atoms with Crippen molar-refractivity contribution in [2.24, 2.45) is 5.92 Å². The summed E-state index contributed by atoms with van der Waals surface area (Å²) in [5, 5.41) is 0. The SMILES string of the molecule is C=CC[C@H]1CN(C)CC[C@]1(OC(=O)CC)c1ccccc1.Cl. The van der Waals surface area contributed by atoms with Gasteiger partial charge < -0.3 is 9.64 Å². The molecule has 2 atom stereocenters. The fourth-order valence-electron chi connectivity index (χ4n) is 3.21. The Morgan fingerprint density at radius 1 is 1.45 bits per heavy atom. The molecule has 0 unspecified atom stereocenters. The predicted octanol–water partition coefficient (Wildman–Crippen LogP) is 3.78. The molecule has 1 fully saturated rings. The maximum atomic E-state index is 12.0. The summed E-state index contributed by atoms with van der Waals surface area (Å²) in [7, 11) is 2.12. The number of ether oxygens (including phenoxy) is 1. The Morgan fingerprint density at radius 3 is 2.73 bits per heavy atom. The van der Waals surface area contributed by atoms with Crippen LogP contribution in [0.15, 0.2) is 43.0 Å². The minimum atomic E-state index is -0.519. The van der Waals surface area contributed by atoms with Crippen molar-refractivity contribution in [2.45, 2.75) is 31.8 Å².